The first-order chi connectivity index (χ1) is 10.1. The fourth-order valence-corrected chi connectivity index (χ4v) is 3.73. The molecule has 1 aliphatic rings. The van der Waals surface area contributed by atoms with Gasteiger partial charge in [-0.05, 0) is 42.2 Å². The summed E-state index contributed by atoms with van der Waals surface area (Å²) in [6.45, 7) is 7.82. The molecule has 1 saturated heterocycles. The summed E-state index contributed by atoms with van der Waals surface area (Å²) in [7, 11) is 0. The van der Waals surface area contributed by atoms with E-state index in [-0.39, 0.29) is 18.1 Å². The van der Waals surface area contributed by atoms with Crippen molar-refractivity contribution < 1.29 is 9.53 Å². The molecular weight excluding hydrogens is 284 g/mol. The Bertz CT molecular complexity index is 449. The first-order valence-corrected chi connectivity index (χ1v) is 8.67. The quantitative estimate of drug-likeness (QED) is 0.910. The van der Waals surface area contributed by atoms with Crippen molar-refractivity contribution in [1.82, 2.24) is 4.90 Å². The Morgan fingerprint density at radius 3 is 2.71 bits per heavy atom. The molecule has 0 spiro atoms. The fourth-order valence-electron chi connectivity index (χ4n) is 3.02. The van der Waals surface area contributed by atoms with Gasteiger partial charge in [0.15, 0.2) is 0 Å². The van der Waals surface area contributed by atoms with Gasteiger partial charge in [-0.15, -0.1) is 0 Å². The summed E-state index contributed by atoms with van der Waals surface area (Å²) in [5.74, 6) is 0.186. The zero-order valence-corrected chi connectivity index (χ0v) is 14.0. The molecule has 1 fully saturated rings. The predicted octanol–water partition coefficient (Wildman–Crippen LogP) is 2.80. The van der Waals surface area contributed by atoms with Crippen LogP contribution in [0.4, 0.5) is 0 Å². The van der Waals surface area contributed by atoms with Gasteiger partial charge in [-0.2, -0.15) is 11.3 Å². The van der Waals surface area contributed by atoms with Crippen LogP contribution in [0.2, 0.25) is 0 Å². The smallest absolute Gasteiger partial charge is 0.230 e. The lowest BCUT2D eigenvalue weighted by atomic mass is 9.80. The standard InChI is InChI=1S/C16H26N2O2S/c1-4-16(5-2,11-17)15(19)18-8-12(3)20-14(9-18)13-6-7-21-10-13/h6-7,10,12,14H,4-5,8-9,11,17H2,1-3H3. The van der Waals surface area contributed by atoms with Crippen LogP contribution in [0.1, 0.15) is 45.3 Å². The summed E-state index contributed by atoms with van der Waals surface area (Å²) in [5, 5.41) is 4.15. The van der Waals surface area contributed by atoms with E-state index in [0.717, 1.165) is 18.4 Å². The SMILES string of the molecule is CCC(CC)(CN)C(=O)N1CC(C)OC(c2ccsc2)C1. The Hall–Kier alpha value is -0.910. The van der Waals surface area contributed by atoms with E-state index in [1.807, 2.05) is 17.2 Å². The second-order valence-electron chi connectivity index (χ2n) is 5.89. The highest BCUT2D eigenvalue weighted by Crippen LogP contribution is 2.32. The van der Waals surface area contributed by atoms with Gasteiger partial charge in [-0.3, -0.25) is 4.79 Å². The van der Waals surface area contributed by atoms with Gasteiger partial charge >= 0.3 is 0 Å². The largest absolute Gasteiger partial charge is 0.367 e. The molecule has 118 valence electrons. The van der Waals surface area contributed by atoms with Crippen molar-refractivity contribution in [2.75, 3.05) is 19.6 Å². The fraction of sp³-hybridized carbons (Fsp3) is 0.688. The van der Waals surface area contributed by atoms with Crippen LogP contribution in [0.5, 0.6) is 0 Å². The van der Waals surface area contributed by atoms with Crippen molar-refractivity contribution in [3.05, 3.63) is 22.4 Å². The first-order valence-electron chi connectivity index (χ1n) is 7.73. The molecule has 0 aromatic carbocycles. The molecule has 4 nitrogen and oxygen atoms in total. The van der Waals surface area contributed by atoms with Crippen molar-refractivity contribution in [2.24, 2.45) is 11.1 Å². The van der Waals surface area contributed by atoms with Crippen molar-refractivity contribution in [2.45, 2.75) is 45.8 Å². The molecule has 1 aromatic heterocycles. The van der Waals surface area contributed by atoms with Crippen molar-refractivity contribution in [1.29, 1.82) is 0 Å². The Labute approximate surface area is 131 Å². The Morgan fingerprint density at radius 2 is 2.19 bits per heavy atom. The molecule has 0 aliphatic carbocycles. The van der Waals surface area contributed by atoms with E-state index in [1.165, 1.54) is 0 Å². The van der Waals surface area contributed by atoms with Gasteiger partial charge < -0.3 is 15.4 Å². The molecule has 2 atom stereocenters. The molecule has 5 heteroatoms. The van der Waals surface area contributed by atoms with Gasteiger partial charge in [0.1, 0.15) is 6.10 Å². The number of carbonyl (C=O) groups excluding carboxylic acids is 1. The van der Waals surface area contributed by atoms with Gasteiger partial charge in [-0.25, -0.2) is 0 Å². The molecule has 2 rings (SSSR count). The van der Waals surface area contributed by atoms with Crippen LogP contribution in [0.3, 0.4) is 0 Å². The lowest BCUT2D eigenvalue weighted by Gasteiger charge is -2.41. The molecule has 2 unspecified atom stereocenters. The van der Waals surface area contributed by atoms with Crippen LogP contribution in [-0.4, -0.2) is 36.5 Å². The van der Waals surface area contributed by atoms with Crippen LogP contribution in [-0.2, 0) is 9.53 Å². The second-order valence-corrected chi connectivity index (χ2v) is 6.67. The number of hydrogen-bond acceptors (Lipinski definition) is 4. The maximum absolute atomic E-state index is 13.0. The third-order valence-electron chi connectivity index (χ3n) is 4.66. The first kappa shape index (κ1) is 16.5. The summed E-state index contributed by atoms with van der Waals surface area (Å²) in [6.07, 6.45) is 1.60. The molecule has 2 heterocycles. The maximum Gasteiger partial charge on any atom is 0.230 e. The third-order valence-corrected chi connectivity index (χ3v) is 5.36. The van der Waals surface area contributed by atoms with E-state index in [4.69, 9.17) is 10.5 Å². The minimum atomic E-state index is -0.420. The maximum atomic E-state index is 13.0. The number of carbonyl (C=O) groups is 1. The molecule has 1 aliphatic heterocycles. The number of morpholine rings is 1. The summed E-state index contributed by atoms with van der Waals surface area (Å²) < 4.78 is 6.01. The van der Waals surface area contributed by atoms with Crippen LogP contribution in [0, 0.1) is 5.41 Å². The molecule has 2 N–H and O–H groups in total. The van der Waals surface area contributed by atoms with E-state index >= 15 is 0 Å². The van der Waals surface area contributed by atoms with E-state index in [2.05, 4.69) is 25.3 Å². The highest BCUT2D eigenvalue weighted by molar-refractivity contribution is 7.07. The molecule has 0 radical (unpaired) electrons. The van der Waals surface area contributed by atoms with Gasteiger partial charge in [0.25, 0.3) is 0 Å². The van der Waals surface area contributed by atoms with Crippen LogP contribution >= 0.6 is 11.3 Å². The number of nitrogens with two attached hydrogens (primary N) is 1. The number of thiophene rings is 1. The minimum absolute atomic E-state index is 0.0202. The normalized spacial score (nSPS) is 23.3. The average Bonchev–Trinajstić information content (AvgIpc) is 3.03. The van der Waals surface area contributed by atoms with Crippen LogP contribution in [0.25, 0.3) is 0 Å². The summed E-state index contributed by atoms with van der Waals surface area (Å²) in [4.78, 5) is 14.9. The topological polar surface area (TPSA) is 55.6 Å². The van der Waals surface area contributed by atoms with Gasteiger partial charge in [0, 0.05) is 13.1 Å². The molecule has 1 aromatic rings. The van der Waals surface area contributed by atoms with E-state index in [0.29, 0.717) is 19.6 Å². The number of nitrogens with zero attached hydrogens (tertiary/aromatic N) is 1. The van der Waals surface area contributed by atoms with Crippen LogP contribution in [0.15, 0.2) is 16.8 Å². The monoisotopic (exact) mass is 310 g/mol. The highest BCUT2D eigenvalue weighted by atomic mass is 32.1. The highest BCUT2D eigenvalue weighted by Gasteiger charge is 2.40. The van der Waals surface area contributed by atoms with Gasteiger partial charge in [-0.1, -0.05) is 13.8 Å². The lowest BCUT2D eigenvalue weighted by Crippen LogP contribution is -2.53. The number of amides is 1. The Kier molecular flexibility index (Phi) is 5.41. The minimum Gasteiger partial charge on any atom is -0.367 e. The van der Waals surface area contributed by atoms with Crippen LogP contribution < -0.4 is 5.73 Å². The molecule has 0 bridgehead atoms. The van der Waals surface area contributed by atoms with E-state index in [1.54, 1.807) is 11.3 Å². The van der Waals surface area contributed by atoms with Crippen molar-refractivity contribution in [3.63, 3.8) is 0 Å². The number of rotatable bonds is 5. The second kappa shape index (κ2) is 6.90. The zero-order valence-electron chi connectivity index (χ0n) is 13.2. The van der Waals surface area contributed by atoms with Crippen molar-refractivity contribution >= 4 is 17.2 Å². The van der Waals surface area contributed by atoms with Crippen molar-refractivity contribution in [3.8, 4) is 0 Å². The van der Waals surface area contributed by atoms with Gasteiger partial charge in [0.05, 0.1) is 18.1 Å². The molecule has 21 heavy (non-hydrogen) atoms. The van der Waals surface area contributed by atoms with Gasteiger partial charge in [0.2, 0.25) is 5.91 Å². The Morgan fingerprint density at radius 1 is 1.48 bits per heavy atom. The molecule has 0 saturated carbocycles. The lowest BCUT2D eigenvalue weighted by molar-refractivity contribution is -0.155. The molecular formula is C16H26N2O2S. The van der Waals surface area contributed by atoms with E-state index < -0.39 is 5.41 Å². The number of ether oxygens (including phenoxy) is 1. The van der Waals surface area contributed by atoms with E-state index in [9.17, 15) is 4.79 Å². The summed E-state index contributed by atoms with van der Waals surface area (Å²) in [5.41, 5.74) is 6.67. The third kappa shape index (κ3) is 3.30. The summed E-state index contributed by atoms with van der Waals surface area (Å²) in [6, 6.07) is 2.08. The zero-order chi connectivity index (χ0) is 15.5. The predicted molar refractivity (Wildman–Crippen MR) is 86.3 cm³/mol. The Balaban J connectivity index is 2.17. The molecule has 1 amide bonds. The number of hydrogen-bond donors (Lipinski definition) is 1. The average molecular weight is 310 g/mol. The summed E-state index contributed by atoms with van der Waals surface area (Å²) >= 11 is 1.66.